The van der Waals surface area contributed by atoms with Gasteiger partial charge in [0, 0.05) is 24.3 Å². The molecule has 178 valence electrons. The van der Waals surface area contributed by atoms with Crippen LogP contribution in [0.1, 0.15) is 24.2 Å². The van der Waals surface area contributed by atoms with Gasteiger partial charge < -0.3 is 20.1 Å². The van der Waals surface area contributed by atoms with E-state index in [-0.39, 0.29) is 10.5 Å². The van der Waals surface area contributed by atoms with Gasteiger partial charge in [0.25, 0.3) is 11.8 Å². The summed E-state index contributed by atoms with van der Waals surface area (Å²) in [6.45, 7) is 3.19. The number of benzene rings is 2. The van der Waals surface area contributed by atoms with Crippen molar-refractivity contribution >= 4 is 33.5 Å². The molecule has 2 N–H and O–H groups in total. The summed E-state index contributed by atoms with van der Waals surface area (Å²) < 4.78 is 36.2. The third kappa shape index (κ3) is 7.29. The van der Waals surface area contributed by atoms with E-state index in [1.807, 2.05) is 0 Å². The highest BCUT2D eigenvalue weighted by Gasteiger charge is 2.21. The SMILES string of the molecule is CCN(CC)S(=O)(=O)c1ccc(C(=O)NCC(=O)OCC(=O)Nc2ccc(OC)cc2)cc1. The van der Waals surface area contributed by atoms with Crippen molar-refractivity contribution in [1.82, 2.24) is 9.62 Å². The average Bonchev–Trinajstić information content (AvgIpc) is 2.82. The second kappa shape index (κ2) is 12.0. The van der Waals surface area contributed by atoms with Crippen molar-refractivity contribution in [3.8, 4) is 5.75 Å². The molecule has 0 aliphatic heterocycles. The van der Waals surface area contributed by atoms with Crippen LogP contribution in [0.4, 0.5) is 5.69 Å². The minimum absolute atomic E-state index is 0.0741. The highest BCUT2D eigenvalue weighted by Crippen LogP contribution is 2.16. The Kier molecular flexibility index (Phi) is 9.37. The zero-order valence-electron chi connectivity index (χ0n) is 18.7. The van der Waals surface area contributed by atoms with E-state index in [0.717, 1.165) is 0 Å². The van der Waals surface area contributed by atoms with Crippen LogP contribution in [-0.4, -0.2) is 63.9 Å². The lowest BCUT2D eigenvalue weighted by atomic mass is 10.2. The molecular weight excluding hydrogens is 450 g/mol. The maximum Gasteiger partial charge on any atom is 0.325 e. The summed E-state index contributed by atoms with van der Waals surface area (Å²) in [5, 5.41) is 4.93. The van der Waals surface area contributed by atoms with Crippen LogP contribution >= 0.6 is 0 Å². The van der Waals surface area contributed by atoms with E-state index in [1.54, 1.807) is 38.1 Å². The molecule has 2 amide bonds. The van der Waals surface area contributed by atoms with Gasteiger partial charge >= 0.3 is 5.97 Å². The van der Waals surface area contributed by atoms with Gasteiger partial charge in [-0.2, -0.15) is 4.31 Å². The third-order valence-corrected chi connectivity index (χ3v) is 6.66. The molecule has 0 bridgehead atoms. The number of carbonyl (C=O) groups is 3. The van der Waals surface area contributed by atoms with Gasteiger partial charge in [0.1, 0.15) is 12.3 Å². The number of hydrogen-bond acceptors (Lipinski definition) is 7. The standard InChI is InChI=1S/C22H27N3O7S/c1-4-25(5-2)33(29,30)19-12-6-16(7-13-19)22(28)23-14-21(27)32-15-20(26)24-17-8-10-18(31-3)11-9-17/h6-13H,4-5,14-15H2,1-3H3,(H,23,28)(H,24,26). The van der Waals surface area contributed by atoms with Crippen molar-refractivity contribution in [1.29, 1.82) is 0 Å². The van der Waals surface area contributed by atoms with E-state index >= 15 is 0 Å². The largest absolute Gasteiger partial charge is 0.497 e. The lowest BCUT2D eigenvalue weighted by Crippen LogP contribution is -2.32. The lowest BCUT2D eigenvalue weighted by molar-refractivity contribution is -0.146. The molecule has 0 unspecified atom stereocenters. The minimum atomic E-state index is -3.63. The fraction of sp³-hybridized carbons (Fsp3) is 0.318. The molecule has 10 nitrogen and oxygen atoms in total. The van der Waals surface area contributed by atoms with Gasteiger partial charge in [0.15, 0.2) is 6.61 Å². The quantitative estimate of drug-likeness (QED) is 0.470. The molecule has 33 heavy (non-hydrogen) atoms. The van der Waals surface area contributed by atoms with Crippen LogP contribution in [0.2, 0.25) is 0 Å². The molecule has 11 heteroatoms. The van der Waals surface area contributed by atoms with E-state index in [4.69, 9.17) is 9.47 Å². The number of anilines is 1. The molecule has 0 radical (unpaired) electrons. The second-order valence-corrected chi connectivity index (χ2v) is 8.67. The molecule has 0 aromatic heterocycles. The van der Waals surface area contributed by atoms with E-state index in [9.17, 15) is 22.8 Å². The number of carbonyl (C=O) groups excluding carboxylic acids is 3. The van der Waals surface area contributed by atoms with Crippen LogP contribution in [-0.2, 0) is 24.3 Å². The predicted octanol–water partition coefficient (Wildman–Crippen LogP) is 1.64. The van der Waals surface area contributed by atoms with E-state index in [2.05, 4.69) is 10.6 Å². The molecule has 0 atom stereocenters. The number of ether oxygens (including phenoxy) is 2. The molecule has 0 aliphatic carbocycles. The van der Waals surface area contributed by atoms with Crippen LogP contribution in [0, 0.1) is 0 Å². The number of esters is 1. The summed E-state index contributed by atoms with van der Waals surface area (Å²) in [6.07, 6.45) is 0. The van der Waals surface area contributed by atoms with Gasteiger partial charge in [-0.1, -0.05) is 13.8 Å². The Labute approximate surface area is 192 Å². The lowest BCUT2D eigenvalue weighted by Gasteiger charge is -2.18. The number of nitrogens with one attached hydrogen (secondary N) is 2. The van der Waals surface area contributed by atoms with E-state index < -0.39 is 41.0 Å². The molecular formula is C22H27N3O7S. The Morgan fingerprint density at radius 1 is 0.939 bits per heavy atom. The Morgan fingerprint density at radius 3 is 2.09 bits per heavy atom. The molecule has 0 saturated heterocycles. The molecule has 0 fully saturated rings. The van der Waals surface area contributed by atoms with Gasteiger partial charge in [0.05, 0.1) is 12.0 Å². The number of hydrogen-bond donors (Lipinski definition) is 2. The van der Waals surface area contributed by atoms with E-state index in [1.165, 1.54) is 35.7 Å². The van der Waals surface area contributed by atoms with Gasteiger partial charge in [-0.05, 0) is 48.5 Å². The van der Waals surface area contributed by atoms with Crippen molar-refractivity contribution in [3.63, 3.8) is 0 Å². The zero-order valence-corrected chi connectivity index (χ0v) is 19.5. The summed E-state index contributed by atoms with van der Waals surface area (Å²) in [4.78, 5) is 36.0. The summed E-state index contributed by atoms with van der Waals surface area (Å²) in [5.41, 5.74) is 0.690. The van der Waals surface area contributed by atoms with Crippen molar-refractivity contribution in [2.24, 2.45) is 0 Å². The number of amides is 2. The van der Waals surface area contributed by atoms with Crippen molar-refractivity contribution in [3.05, 3.63) is 54.1 Å². The van der Waals surface area contributed by atoms with Crippen molar-refractivity contribution in [2.45, 2.75) is 18.7 Å². The Morgan fingerprint density at radius 2 is 1.55 bits per heavy atom. The summed E-state index contributed by atoms with van der Waals surface area (Å²) in [7, 11) is -2.10. The molecule has 0 heterocycles. The minimum Gasteiger partial charge on any atom is -0.497 e. The maximum atomic E-state index is 12.5. The van der Waals surface area contributed by atoms with Gasteiger partial charge in [-0.25, -0.2) is 8.42 Å². The first-order chi connectivity index (χ1) is 15.7. The fourth-order valence-electron chi connectivity index (χ4n) is 2.81. The molecule has 0 spiro atoms. The zero-order chi connectivity index (χ0) is 24.4. The Hall–Kier alpha value is -3.44. The second-order valence-electron chi connectivity index (χ2n) is 6.73. The Balaban J connectivity index is 1.81. The van der Waals surface area contributed by atoms with Crippen molar-refractivity contribution in [2.75, 3.05) is 38.7 Å². The van der Waals surface area contributed by atoms with Crippen LogP contribution in [0.3, 0.4) is 0 Å². The Bertz CT molecular complexity index is 1060. The first-order valence-corrected chi connectivity index (χ1v) is 11.6. The highest BCUT2D eigenvalue weighted by molar-refractivity contribution is 7.89. The predicted molar refractivity (Wildman–Crippen MR) is 121 cm³/mol. The molecule has 0 saturated carbocycles. The monoisotopic (exact) mass is 477 g/mol. The smallest absolute Gasteiger partial charge is 0.325 e. The fourth-order valence-corrected chi connectivity index (χ4v) is 4.27. The molecule has 0 aliphatic rings. The topological polar surface area (TPSA) is 131 Å². The van der Waals surface area contributed by atoms with Gasteiger partial charge in [-0.15, -0.1) is 0 Å². The summed E-state index contributed by atoms with van der Waals surface area (Å²) >= 11 is 0. The van der Waals surface area contributed by atoms with Crippen LogP contribution in [0.15, 0.2) is 53.4 Å². The number of rotatable bonds is 11. The summed E-state index contributed by atoms with van der Waals surface area (Å²) in [5.74, 6) is -1.28. The summed E-state index contributed by atoms with van der Waals surface area (Å²) in [6, 6.07) is 12.0. The van der Waals surface area contributed by atoms with Gasteiger partial charge in [0.2, 0.25) is 10.0 Å². The number of methoxy groups -OCH3 is 1. The molecule has 2 aromatic carbocycles. The van der Waals surface area contributed by atoms with E-state index in [0.29, 0.717) is 24.5 Å². The number of sulfonamides is 1. The first kappa shape index (κ1) is 25.8. The van der Waals surface area contributed by atoms with Crippen molar-refractivity contribution < 1.29 is 32.3 Å². The molecule has 2 rings (SSSR count). The normalized spacial score (nSPS) is 11.0. The maximum absolute atomic E-state index is 12.5. The third-order valence-electron chi connectivity index (χ3n) is 4.59. The van der Waals surface area contributed by atoms with Crippen LogP contribution < -0.4 is 15.4 Å². The van der Waals surface area contributed by atoms with Crippen LogP contribution in [0.25, 0.3) is 0 Å². The highest BCUT2D eigenvalue weighted by atomic mass is 32.2. The first-order valence-electron chi connectivity index (χ1n) is 10.2. The molecule has 2 aromatic rings. The average molecular weight is 478 g/mol. The van der Waals surface area contributed by atoms with Gasteiger partial charge in [-0.3, -0.25) is 14.4 Å². The van der Waals surface area contributed by atoms with Crippen LogP contribution in [0.5, 0.6) is 5.75 Å². The number of nitrogens with zero attached hydrogens (tertiary/aromatic N) is 1.